The lowest BCUT2D eigenvalue weighted by Gasteiger charge is -2.12. The van der Waals surface area contributed by atoms with Crippen molar-refractivity contribution in [2.24, 2.45) is 0 Å². The Morgan fingerprint density at radius 1 is 0.650 bits per heavy atom. The van der Waals surface area contributed by atoms with E-state index in [4.69, 9.17) is 0 Å². The van der Waals surface area contributed by atoms with Crippen molar-refractivity contribution in [2.75, 3.05) is 0 Å². The molecule has 0 aliphatic rings. The molecule has 96 valence electrons. The van der Waals surface area contributed by atoms with E-state index in [1.165, 1.54) is 37.9 Å². The number of fused-ring (bicyclic) bond motifs is 6. The van der Waals surface area contributed by atoms with Crippen LogP contribution in [0, 0.1) is 6.92 Å². The molecule has 0 aliphatic heterocycles. The van der Waals surface area contributed by atoms with E-state index >= 15 is 0 Å². The normalized spacial score (nSPS) is 11.5. The van der Waals surface area contributed by atoms with Crippen LogP contribution in [0.3, 0.4) is 0 Å². The molecule has 0 nitrogen and oxygen atoms in total. The fourth-order valence-corrected chi connectivity index (χ4v) is 3.65. The second-order valence-electron chi connectivity index (χ2n) is 5.26. The molecule has 0 atom stereocenters. The molecule has 0 heterocycles. The summed E-state index contributed by atoms with van der Waals surface area (Å²) in [7, 11) is 0. The molecule has 0 saturated heterocycles. The van der Waals surface area contributed by atoms with Crippen LogP contribution in [0.5, 0.6) is 0 Å². The van der Waals surface area contributed by atoms with Crippen LogP contribution >= 0.6 is 15.9 Å². The van der Waals surface area contributed by atoms with E-state index in [0.29, 0.717) is 0 Å². The quantitative estimate of drug-likeness (QED) is 0.337. The molecule has 0 aromatic heterocycles. The van der Waals surface area contributed by atoms with E-state index in [9.17, 15) is 0 Å². The first-order valence-electron chi connectivity index (χ1n) is 6.75. The van der Waals surface area contributed by atoms with Crippen molar-refractivity contribution < 1.29 is 0 Å². The Morgan fingerprint density at radius 2 is 1.30 bits per heavy atom. The summed E-state index contributed by atoms with van der Waals surface area (Å²) in [5.41, 5.74) is 1.30. The number of rotatable bonds is 0. The summed E-state index contributed by atoms with van der Waals surface area (Å²) in [6.07, 6.45) is 0. The Balaban J connectivity index is 2.45. The van der Waals surface area contributed by atoms with Gasteiger partial charge in [0, 0.05) is 9.86 Å². The second-order valence-corrected chi connectivity index (χ2v) is 6.11. The minimum atomic E-state index is 1.16. The molecule has 0 radical (unpaired) electrons. The Labute approximate surface area is 126 Å². The number of aryl methyl sites for hydroxylation is 1. The predicted molar refractivity (Wildman–Crippen MR) is 91.4 cm³/mol. The first kappa shape index (κ1) is 11.9. The van der Waals surface area contributed by atoms with Crippen LogP contribution < -0.4 is 0 Å². The third-order valence-corrected chi connectivity index (χ3v) is 4.63. The van der Waals surface area contributed by atoms with Gasteiger partial charge in [0.2, 0.25) is 0 Å². The van der Waals surface area contributed by atoms with Crippen molar-refractivity contribution in [1.29, 1.82) is 0 Å². The molecule has 4 aromatic carbocycles. The maximum absolute atomic E-state index is 3.72. The highest BCUT2D eigenvalue weighted by Crippen LogP contribution is 2.38. The van der Waals surface area contributed by atoms with Gasteiger partial charge in [0.25, 0.3) is 0 Å². The van der Waals surface area contributed by atoms with Crippen LogP contribution in [0.1, 0.15) is 5.56 Å². The molecule has 0 N–H and O–H groups in total. The molecule has 0 amide bonds. The topological polar surface area (TPSA) is 0 Å². The monoisotopic (exact) mass is 320 g/mol. The van der Waals surface area contributed by atoms with E-state index in [1.807, 2.05) is 0 Å². The van der Waals surface area contributed by atoms with Crippen molar-refractivity contribution in [3.8, 4) is 0 Å². The van der Waals surface area contributed by atoms with E-state index in [-0.39, 0.29) is 0 Å². The van der Waals surface area contributed by atoms with Gasteiger partial charge < -0.3 is 0 Å². The van der Waals surface area contributed by atoms with Crippen LogP contribution in [-0.4, -0.2) is 0 Å². The lowest BCUT2D eigenvalue weighted by Crippen LogP contribution is -1.84. The molecule has 0 fully saturated rings. The summed E-state index contributed by atoms with van der Waals surface area (Å²) >= 11 is 3.72. The Hall–Kier alpha value is -1.86. The highest BCUT2D eigenvalue weighted by atomic mass is 79.9. The molecule has 0 spiro atoms. The van der Waals surface area contributed by atoms with Crippen molar-refractivity contribution >= 4 is 48.2 Å². The average Bonchev–Trinajstić information content (AvgIpc) is 2.47. The third kappa shape index (κ3) is 1.60. The number of benzene rings is 4. The molecule has 0 aliphatic carbocycles. The molecular formula is C19H13Br. The smallest absolute Gasteiger partial charge is 0.0260 e. The Kier molecular flexibility index (Phi) is 2.58. The van der Waals surface area contributed by atoms with Gasteiger partial charge in [-0.05, 0) is 39.9 Å². The van der Waals surface area contributed by atoms with Gasteiger partial charge in [0.1, 0.15) is 0 Å². The maximum atomic E-state index is 3.72. The summed E-state index contributed by atoms with van der Waals surface area (Å²) in [6, 6.07) is 21.8. The van der Waals surface area contributed by atoms with Crippen LogP contribution in [0.15, 0.2) is 65.1 Å². The van der Waals surface area contributed by atoms with E-state index in [0.717, 1.165) is 4.47 Å². The molecule has 4 rings (SSSR count). The van der Waals surface area contributed by atoms with E-state index in [2.05, 4.69) is 83.5 Å². The third-order valence-electron chi connectivity index (χ3n) is 3.97. The van der Waals surface area contributed by atoms with Gasteiger partial charge >= 0.3 is 0 Å². The van der Waals surface area contributed by atoms with Crippen LogP contribution in [0.25, 0.3) is 32.3 Å². The fourth-order valence-electron chi connectivity index (χ4n) is 3.07. The van der Waals surface area contributed by atoms with Crippen molar-refractivity contribution in [1.82, 2.24) is 0 Å². The lowest BCUT2D eigenvalue weighted by atomic mass is 9.93. The van der Waals surface area contributed by atoms with Gasteiger partial charge in [-0.1, -0.05) is 76.1 Å². The number of halogens is 1. The summed E-state index contributed by atoms with van der Waals surface area (Å²) in [4.78, 5) is 0. The largest absolute Gasteiger partial charge is 0.0616 e. The Bertz CT molecular complexity index is 967. The van der Waals surface area contributed by atoms with Crippen molar-refractivity contribution in [3.63, 3.8) is 0 Å². The van der Waals surface area contributed by atoms with E-state index in [1.54, 1.807) is 0 Å². The van der Waals surface area contributed by atoms with Gasteiger partial charge in [-0.3, -0.25) is 0 Å². The summed E-state index contributed by atoms with van der Waals surface area (Å²) in [5.74, 6) is 0. The molecular weight excluding hydrogens is 308 g/mol. The van der Waals surface area contributed by atoms with Gasteiger partial charge in [0.15, 0.2) is 0 Å². The van der Waals surface area contributed by atoms with Crippen molar-refractivity contribution in [2.45, 2.75) is 6.92 Å². The second kappa shape index (κ2) is 4.32. The van der Waals surface area contributed by atoms with Gasteiger partial charge in [0.05, 0.1) is 0 Å². The molecule has 1 heteroatoms. The minimum absolute atomic E-state index is 1.16. The zero-order valence-electron chi connectivity index (χ0n) is 11.2. The average molecular weight is 321 g/mol. The predicted octanol–water partition coefficient (Wildman–Crippen LogP) is 6.22. The first-order valence-corrected chi connectivity index (χ1v) is 7.54. The summed E-state index contributed by atoms with van der Waals surface area (Å²) in [5, 5.41) is 7.92. The number of hydrogen-bond acceptors (Lipinski definition) is 0. The van der Waals surface area contributed by atoms with Gasteiger partial charge in [-0.25, -0.2) is 0 Å². The molecule has 20 heavy (non-hydrogen) atoms. The standard InChI is InChI=1S/C19H13Br/c1-12-9-10-14-13-5-2-3-6-15(13)19-16(17(14)11-12)7-4-8-18(19)20/h2-11H,1H3. The van der Waals surface area contributed by atoms with Crippen LogP contribution in [0.2, 0.25) is 0 Å². The highest BCUT2D eigenvalue weighted by molar-refractivity contribution is 9.10. The van der Waals surface area contributed by atoms with Crippen molar-refractivity contribution in [3.05, 3.63) is 70.7 Å². The van der Waals surface area contributed by atoms with Gasteiger partial charge in [-0.2, -0.15) is 0 Å². The maximum Gasteiger partial charge on any atom is 0.0260 e. The minimum Gasteiger partial charge on any atom is -0.0616 e. The van der Waals surface area contributed by atoms with E-state index < -0.39 is 0 Å². The van der Waals surface area contributed by atoms with Gasteiger partial charge in [-0.15, -0.1) is 0 Å². The molecule has 0 unspecified atom stereocenters. The highest BCUT2D eigenvalue weighted by Gasteiger charge is 2.10. The first-order chi connectivity index (χ1) is 9.75. The van der Waals surface area contributed by atoms with Crippen LogP contribution in [-0.2, 0) is 0 Å². The fraction of sp³-hybridized carbons (Fsp3) is 0.0526. The zero-order chi connectivity index (χ0) is 13.7. The SMILES string of the molecule is Cc1ccc2c3ccccc3c3c(Br)cccc3c2c1. The Morgan fingerprint density at radius 3 is 2.15 bits per heavy atom. The van der Waals surface area contributed by atoms with Crippen LogP contribution in [0.4, 0.5) is 0 Å². The molecule has 0 bridgehead atoms. The summed E-state index contributed by atoms with van der Waals surface area (Å²) in [6.45, 7) is 2.15. The molecule has 0 saturated carbocycles. The number of hydrogen-bond donors (Lipinski definition) is 0. The zero-order valence-corrected chi connectivity index (χ0v) is 12.7. The lowest BCUT2D eigenvalue weighted by molar-refractivity contribution is 1.51. The molecule has 4 aromatic rings. The summed E-state index contributed by atoms with van der Waals surface area (Å²) < 4.78 is 1.16.